The van der Waals surface area contributed by atoms with Gasteiger partial charge in [-0.25, -0.2) is 0 Å². The van der Waals surface area contributed by atoms with Gasteiger partial charge >= 0.3 is 5.90 Å². The molecule has 1 saturated heterocycles. The molecule has 27 heavy (non-hydrogen) atoms. The highest BCUT2D eigenvalue weighted by Crippen LogP contribution is 2.33. The predicted octanol–water partition coefficient (Wildman–Crippen LogP) is 3.79. The summed E-state index contributed by atoms with van der Waals surface area (Å²) < 4.78 is 18.0. The van der Waals surface area contributed by atoms with Crippen LogP contribution in [0.2, 0.25) is 5.02 Å². The molecule has 5 nitrogen and oxygen atoms in total. The molecule has 3 rings (SSSR count). The van der Waals surface area contributed by atoms with E-state index in [9.17, 15) is 5.11 Å². The van der Waals surface area contributed by atoms with Crippen LogP contribution in [0.5, 0.6) is 11.5 Å². The fourth-order valence-corrected chi connectivity index (χ4v) is 3.11. The highest BCUT2D eigenvalue weighted by atomic mass is 35.5. The van der Waals surface area contributed by atoms with Gasteiger partial charge < -0.3 is 19.3 Å². The summed E-state index contributed by atoms with van der Waals surface area (Å²) >= 11 is 6.04. The quantitative estimate of drug-likeness (QED) is 0.625. The van der Waals surface area contributed by atoms with E-state index in [1.165, 1.54) is 0 Å². The minimum absolute atomic E-state index is 0.207. The first-order valence-corrected chi connectivity index (χ1v) is 9.09. The number of hydrogen-bond donors (Lipinski definition) is 1. The molecule has 2 aromatic carbocycles. The van der Waals surface area contributed by atoms with Crippen LogP contribution in [0.3, 0.4) is 0 Å². The van der Waals surface area contributed by atoms with Gasteiger partial charge in [-0.2, -0.15) is 4.58 Å². The van der Waals surface area contributed by atoms with Gasteiger partial charge in [0.05, 0.1) is 20.3 Å². The summed E-state index contributed by atoms with van der Waals surface area (Å²) in [5.74, 6) is 1.48. The molecule has 0 atom stereocenters. The highest BCUT2D eigenvalue weighted by Gasteiger charge is 2.18. The molecule has 1 aliphatic heterocycles. The van der Waals surface area contributed by atoms with E-state index in [4.69, 9.17) is 25.8 Å². The van der Waals surface area contributed by atoms with Crippen LogP contribution in [-0.4, -0.2) is 56.1 Å². The number of aliphatic hydroxyl groups excluding tert-OH is 1. The SMILES string of the molecule is COc1ccc(/C(=C\C(O)=[N+]2CCOCC2)c2ccc(Cl)cc2)cc1OC. The van der Waals surface area contributed by atoms with Crippen LogP contribution in [0, 0.1) is 0 Å². The number of hydrogen-bond acceptors (Lipinski definition) is 3. The first kappa shape index (κ1) is 19.3. The van der Waals surface area contributed by atoms with Crippen molar-refractivity contribution in [1.29, 1.82) is 0 Å². The number of rotatable bonds is 5. The molecule has 2 aromatic rings. The molecule has 0 bridgehead atoms. The lowest BCUT2D eigenvalue weighted by atomic mass is 9.97. The van der Waals surface area contributed by atoms with Crippen LogP contribution in [0.25, 0.3) is 5.57 Å². The van der Waals surface area contributed by atoms with Crippen molar-refractivity contribution >= 4 is 23.1 Å². The first-order chi connectivity index (χ1) is 13.1. The van der Waals surface area contributed by atoms with Gasteiger partial charge in [-0.15, -0.1) is 0 Å². The van der Waals surface area contributed by atoms with Gasteiger partial charge in [-0.05, 0) is 41.0 Å². The molecule has 0 amide bonds. The molecule has 0 aromatic heterocycles. The van der Waals surface area contributed by atoms with E-state index in [1.807, 2.05) is 47.0 Å². The molecule has 1 aliphatic rings. The molecular formula is C21H23ClNO4+. The summed E-state index contributed by atoms with van der Waals surface area (Å²) in [7, 11) is 3.20. The van der Waals surface area contributed by atoms with E-state index >= 15 is 0 Å². The molecule has 0 unspecified atom stereocenters. The summed E-state index contributed by atoms with van der Waals surface area (Å²) in [4.78, 5) is 0. The van der Waals surface area contributed by atoms with E-state index in [-0.39, 0.29) is 5.90 Å². The lowest BCUT2D eigenvalue weighted by molar-refractivity contribution is -0.555. The number of halogens is 1. The van der Waals surface area contributed by atoms with Crippen molar-refractivity contribution in [2.24, 2.45) is 0 Å². The number of nitrogens with zero attached hydrogens (tertiary/aromatic N) is 1. The Balaban J connectivity index is 2.10. The van der Waals surface area contributed by atoms with Gasteiger partial charge in [0, 0.05) is 5.02 Å². The molecule has 0 saturated carbocycles. The van der Waals surface area contributed by atoms with Crippen LogP contribution >= 0.6 is 11.6 Å². The van der Waals surface area contributed by atoms with Crippen LogP contribution < -0.4 is 9.47 Å². The summed E-state index contributed by atoms with van der Waals surface area (Å²) in [5.41, 5.74) is 2.69. The van der Waals surface area contributed by atoms with Gasteiger partial charge in [-0.3, -0.25) is 0 Å². The molecule has 0 spiro atoms. The van der Waals surface area contributed by atoms with E-state index in [2.05, 4.69) is 0 Å². The first-order valence-electron chi connectivity index (χ1n) is 8.71. The monoisotopic (exact) mass is 388 g/mol. The van der Waals surface area contributed by atoms with Gasteiger partial charge in [0.2, 0.25) is 0 Å². The zero-order chi connectivity index (χ0) is 19.2. The Kier molecular flexibility index (Phi) is 6.37. The van der Waals surface area contributed by atoms with Crippen molar-refractivity contribution in [1.82, 2.24) is 0 Å². The lowest BCUT2D eigenvalue weighted by Gasteiger charge is -2.14. The maximum atomic E-state index is 10.7. The van der Waals surface area contributed by atoms with Crippen LogP contribution in [-0.2, 0) is 4.74 Å². The Labute approximate surface area is 164 Å². The maximum Gasteiger partial charge on any atom is 0.360 e. The average molecular weight is 389 g/mol. The van der Waals surface area contributed by atoms with Crippen molar-refractivity contribution in [2.45, 2.75) is 0 Å². The number of aliphatic hydroxyl groups is 1. The van der Waals surface area contributed by atoms with E-state index in [0.717, 1.165) is 16.7 Å². The minimum Gasteiger partial charge on any atom is -0.493 e. The summed E-state index contributed by atoms with van der Waals surface area (Å²) in [5, 5.41) is 11.3. The Morgan fingerprint density at radius 3 is 2.26 bits per heavy atom. The standard InChI is InChI=1S/C21H22ClNO4/c1-25-19-8-5-16(13-20(19)26-2)18(15-3-6-17(22)7-4-15)14-21(24)23-9-11-27-12-10-23/h3-8,13-14H,9-12H2,1-2H3/p+1/b18-14-. The number of benzene rings is 2. The number of methoxy groups -OCH3 is 2. The van der Waals surface area contributed by atoms with Crippen molar-refractivity contribution in [3.05, 3.63) is 64.7 Å². The van der Waals surface area contributed by atoms with Gasteiger partial charge in [0.1, 0.15) is 13.2 Å². The zero-order valence-electron chi connectivity index (χ0n) is 15.4. The molecule has 1 fully saturated rings. The largest absolute Gasteiger partial charge is 0.493 e. The predicted molar refractivity (Wildman–Crippen MR) is 107 cm³/mol. The average Bonchev–Trinajstić information content (AvgIpc) is 2.72. The van der Waals surface area contributed by atoms with Crippen LogP contribution in [0.15, 0.2) is 48.5 Å². The summed E-state index contributed by atoms with van der Waals surface area (Å²) in [6, 6.07) is 13.2. The van der Waals surface area contributed by atoms with Gasteiger partial charge in [-0.1, -0.05) is 29.8 Å². The smallest absolute Gasteiger partial charge is 0.360 e. The normalized spacial score (nSPS) is 14.8. The minimum atomic E-state index is 0.207. The van der Waals surface area contributed by atoms with Crippen LogP contribution in [0.1, 0.15) is 11.1 Å². The summed E-state index contributed by atoms with van der Waals surface area (Å²) in [6.45, 7) is 2.51. The Morgan fingerprint density at radius 2 is 1.63 bits per heavy atom. The fraction of sp³-hybridized carbons (Fsp3) is 0.286. The Morgan fingerprint density at radius 1 is 1.00 bits per heavy atom. The van der Waals surface area contributed by atoms with Crippen LogP contribution in [0.4, 0.5) is 0 Å². The van der Waals surface area contributed by atoms with E-state index in [1.54, 1.807) is 20.3 Å². The van der Waals surface area contributed by atoms with Gasteiger partial charge in [0.25, 0.3) is 0 Å². The lowest BCUT2D eigenvalue weighted by Crippen LogP contribution is -2.32. The van der Waals surface area contributed by atoms with Crippen molar-refractivity contribution in [2.75, 3.05) is 40.5 Å². The molecule has 1 N–H and O–H groups in total. The third kappa shape index (κ3) is 4.62. The fourth-order valence-electron chi connectivity index (χ4n) is 2.98. The molecule has 6 heteroatoms. The number of morpholine rings is 1. The molecule has 0 aliphatic carbocycles. The van der Waals surface area contributed by atoms with E-state index < -0.39 is 0 Å². The van der Waals surface area contributed by atoms with Crippen molar-refractivity contribution < 1.29 is 23.9 Å². The second kappa shape index (κ2) is 8.93. The Hall–Kier alpha value is -2.50. The molecular weight excluding hydrogens is 366 g/mol. The third-order valence-corrected chi connectivity index (χ3v) is 4.71. The maximum absolute atomic E-state index is 10.7. The second-order valence-electron chi connectivity index (χ2n) is 6.09. The molecule has 142 valence electrons. The summed E-state index contributed by atoms with van der Waals surface area (Å²) in [6.07, 6.45) is 1.77. The topological polar surface area (TPSA) is 50.9 Å². The third-order valence-electron chi connectivity index (χ3n) is 4.46. The molecule has 1 heterocycles. The molecule has 0 radical (unpaired) electrons. The zero-order valence-corrected chi connectivity index (χ0v) is 16.2. The number of ether oxygens (including phenoxy) is 3. The van der Waals surface area contributed by atoms with Gasteiger partial charge in [0.15, 0.2) is 24.6 Å². The highest BCUT2D eigenvalue weighted by molar-refractivity contribution is 6.30. The van der Waals surface area contributed by atoms with Crippen molar-refractivity contribution in [3.63, 3.8) is 0 Å². The van der Waals surface area contributed by atoms with Crippen molar-refractivity contribution in [3.8, 4) is 11.5 Å². The Bertz CT molecular complexity index is 851. The van der Waals surface area contributed by atoms with E-state index in [0.29, 0.717) is 42.8 Å². The second-order valence-corrected chi connectivity index (χ2v) is 6.53.